The fourth-order valence-electron chi connectivity index (χ4n) is 2.27. The van der Waals surface area contributed by atoms with E-state index in [0.717, 1.165) is 11.4 Å². The van der Waals surface area contributed by atoms with Gasteiger partial charge < -0.3 is 10.6 Å². The van der Waals surface area contributed by atoms with Gasteiger partial charge in [0.25, 0.3) is 0 Å². The van der Waals surface area contributed by atoms with E-state index >= 15 is 0 Å². The van der Waals surface area contributed by atoms with E-state index < -0.39 is 0 Å². The Hall–Kier alpha value is -1.51. The van der Waals surface area contributed by atoms with Crippen molar-refractivity contribution >= 4 is 17.3 Å². The molecule has 112 valence electrons. The number of carbonyl (C=O) groups excluding carboxylic acids is 1. The molecular formula is C17H28N2O. The molecule has 1 aromatic rings. The van der Waals surface area contributed by atoms with Crippen molar-refractivity contribution in [3.8, 4) is 0 Å². The third-order valence-corrected chi connectivity index (χ3v) is 3.45. The summed E-state index contributed by atoms with van der Waals surface area (Å²) in [7, 11) is 0. The van der Waals surface area contributed by atoms with Gasteiger partial charge in [-0.05, 0) is 38.0 Å². The normalized spacial score (nSPS) is 12.0. The Balaban J connectivity index is 2.54. The number of hydrogen-bond donors (Lipinski definition) is 2. The van der Waals surface area contributed by atoms with Crippen LogP contribution >= 0.6 is 0 Å². The van der Waals surface area contributed by atoms with Crippen molar-refractivity contribution in [3.05, 3.63) is 23.8 Å². The highest BCUT2D eigenvalue weighted by Crippen LogP contribution is 2.22. The molecule has 0 radical (unpaired) electrons. The quantitative estimate of drug-likeness (QED) is 0.674. The largest absolute Gasteiger partial charge is 0.382 e. The summed E-state index contributed by atoms with van der Waals surface area (Å²) in [5.74, 6) is -0.0348. The molecular weight excluding hydrogens is 248 g/mol. The lowest BCUT2D eigenvalue weighted by atomic mass is 10.1. The molecule has 0 aliphatic carbocycles. The van der Waals surface area contributed by atoms with E-state index in [1.54, 1.807) is 0 Å². The van der Waals surface area contributed by atoms with E-state index in [2.05, 4.69) is 31.4 Å². The van der Waals surface area contributed by atoms with E-state index in [0.29, 0.717) is 6.04 Å². The van der Waals surface area contributed by atoms with Gasteiger partial charge in [0.1, 0.15) is 0 Å². The number of hydrogen-bond acceptors (Lipinski definition) is 2. The third-order valence-electron chi connectivity index (χ3n) is 3.45. The highest BCUT2D eigenvalue weighted by molar-refractivity contribution is 5.89. The molecule has 0 aliphatic rings. The fourth-order valence-corrected chi connectivity index (χ4v) is 2.27. The first-order chi connectivity index (χ1) is 9.52. The summed E-state index contributed by atoms with van der Waals surface area (Å²) in [5, 5.41) is 6.38. The number of nitrogens with one attached hydrogen (secondary N) is 2. The Morgan fingerprint density at radius 1 is 1.25 bits per heavy atom. The number of anilines is 2. The molecule has 1 amide bonds. The van der Waals surface area contributed by atoms with E-state index in [1.165, 1.54) is 44.6 Å². The highest BCUT2D eigenvalue weighted by Gasteiger charge is 2.06. The van der Waals surface area contributed by atoms with Crippen molar-refractivity contribution in [2.75, 3.05) is 10.6 Å². The highest BCUT2D eigenvalue weighted by atomic mass is 16.1. The molecule has 0 fully saturated rings. The SMILES string of the molecule is CCCCCCC(C)Nc1cc(NC(C)=O)ccc1C. The number of amides is 1. The molecule has 3 nitrogen and oxygen atoms in total. The zero-order valence-electron chi connectivity index (χ0n) is 13.3. The molecule has 1 rings (SSSR count). The van der Waals surface area contributed by atoms with Gasteiger partial charge in [0.05, 0.1) is 0 Å². The van der Waals surface area contributed by atoms with Gasteiger partial charge in [-0.3, -0.25) is 4.79 Å². The molecule has 0 heterocycles. The summed E-state index contributed by atoms with van der Waals surface area (Å²) >= 11 is 0. The van der Waals surface area contributed by atoms with E-state index in [1.807, 2.05) is 18.2 Å². The minimum atomic E-state index is -0.0348. The summed E-state index contributed by atoms with van der Waals surface area (Å²) in [6, 6.07) is 6.45. The van der Waals surface area contributed by atoms with Crippen LogP contribution in [0.1, 0.15) is 58.4 Å². The van der Waals surface area contributed by atoms with Gasteiger partial charge in [-0.15, -0.1) is 0 Å². The Morgan fingerprint density at radius 2 is 2.00 bits per heavy atom. The second-order valence-electron chi connectivity index (χ2n) is 5.61. The molecule has 1 atom stereocenters. The van der Waals surface area contributed by atoms with Crippen LogP contribution < -0.4 is 10.6 Å². The van der Waals surface area contributed by atoms with Gasteiger partial charge >= 0.3 is 0 Å². The Bertz CT molecular complexity index is 429. The van der Waals surface area contributed by atoms with Gasteiger partial charge in [0.2, 0.25) is 5.91 Å². The van der Waals surface area contributed by atoms with Crippen molar-refractivity contribution in [2.45, 2.75) is 65.8 Å². The maximum Gasteiger partial charge on any atom is 0.221 e. The summed E-state index contributed by atoms with van der Waals surface area (Å²) in [6.07, 6.45) is 6.37. The number of aryl methyl sites for hydroxylation is 1. The minimum Gasteiger partial charge on any atom is -0.382 e. The van der Waals surface area contributed by atoms with Crippen molar-refractivity contribution < 1.29 is 4.79 Å². The zero-order valence-corrected chi connectivity index (χ0v) is 13.3. The van der Waals surface area contributed by atoms with Crippen molar-refractivity contribution in [3.63, 3.8) is 0 Å². The van der Waals surface area contributed by atoms with Crippen LogP contribution in [0, 0.1) is 6.92 Å². The van der Waals surface area contributed by atoms with Crippen LogP contribution in [0.15, 0.2) is 18.2 Å². The average molecular weight is 276 g/mol. The van der Waals surface area contributed by atoms with Crippen LogP contribution in [0.4, 0.5) is 11.4 Å². The summed E-state index contributed by atoms with van der Waals surface area (Å²) in [6.45, 7) is 8.07. The summed E-state index contributed by atoms with van der Waals surface area (Å²) in [4.78, 5) is 11.1. The third kappa shape index (κ3) is 6.09. The first kappa shape index (κ1) is 16.5. The minimum absolute atomic E-state index is 0.0348. The average Bonchev–Trinajstić information content (AvgIpc) is 2.38. The Labute approximate surface area is 123 Å². The predicted octanol–water partition coefficient (Wildman–Crippen LogP) is 4.72. The van der Waals surface area contributed by atoms with Crippen LogP contribution in [0.3, 0.4) is 0 Å². The first-order valence-electron chi connectivity index (χ1n) is 7.67. The molecule has 1 unspecified atom stereocenters. The standard InChI is InChI=1S/C17H28N2O/c1-5-6-7-8-9-14(3)18-17-12-16(19-15(4)20)11-10-13(17)2/h10-12,14,18H,5-9H2,1-4H3,(H,19,20). The Kier molecular flexibility index (Phi) is 7.13. The number of rotatable bonds is 8. The maximum atomic E-state index is 11.1. The zero-order chi connectivity index (χ0) is 15.0. The van der Waals surface area contributed by atoms with Crippen molar-refractivity contribution in [1.29, 1.82) is 0 Å². The molecule has 20 heavy (non-hydrogen) atoms. The smallest absolute Gasteiger partial charge is 0.221 e. The molecule has 0 aromatic heterocycles. The second kappa shape index (κ2) is 8.62. The summed E-state index contributed by atoms with van der Waals surface area (Å²) < 4.78 is 0. The van der Waals surface area contributed by atoms with Gasteiger partial charge in [-0.1, -0.05) is 38.7 Å². The monoisotopic (exact) mass is 276 g/mol. The van der Waals surface area contributed by atoms with Crippen LogP contribution in [0.2, 0.25) is 0 Å². The first-order valence-corrected chi connectivity index (χ1v) is 7.67. The lowest BCUT2D eigenvalue weighted by molar-refractivity contribution is -0.114. The lowest BCUT2D eigenvalue weighted by Gasteiger charge is -2.18. The van der Waals surface area contributed by atoms with Gasteiger partial charge in [0, 0.05) is 24.3 Å². The Morgan fingerprint density at radius 3 is 2.65 bits per heavy atom. The van der Waals surface area contributed by atoms with E-state index in [9.17, 15) is 4.79 Å². The topological polar surface area (TPSA) is 41.1 Å². The van der Waals surface area contributed by atoms with Crippen LogP contribution in [-0.2, 0) is 4.79 Å². The molecule has 0 aliphatic heterocycles. The van der Waals surface area contributed by atoms with Crippen LogP contribution in [-0.4, -0.2) is 11.9 Å². The van der Waals surface area contributed by atoms with Crippen LogP contribution in [0.25, 0.3) is 0 Å². The molecule has 2 N–H and O–H groups in total. The van der Waals surface area contributed by atoms with Crippen molar-refractivity contribution in [2.24, 2.45) is 0 Å². The van der Waals surface area contributed by atoms with Gasteiger partial charge in [0.15, 0.2) is 0 Å². The molecule has 1 aromatic carbocycles. The van der Waals surface area contributed by atoms with Crippen molar-refractivity contribution in [1.82, 2.24) is 0 Å². The van der Waals surface area contributed by atoms with E-state index in [4.69, 9.17) is 0 Å². The van der Waals surface area contributed by atoms with Gasteiger partial charge in [-0.2, -0.15) is 0 Å². The maximum absolute atomic E-state index is 11.1. The second-order valence-corrected chi connectivity index (χ2v) is 5.61. The van der Waals surface area contributed by atoms with Crippen LogP contribution in [0.5, 0.6) is 0 Å². The number of unbranched alkanes of at least 4 members (excludes halogenated alkanes) is 3. The summed E-state index contributed by atoms with van der Waals surface area (Å²) in [5.41, 5.74) is 3.17. The molecule has 0 saturated carbocycles. The number of benzene rings is 1. The lowest BCUT2D eigenvalue weighted by Crippen LogP contribution is -2.16. The number of carbonyl (C=O) groups is 1. The van der Waals surface area contributed by atoms with Gasteiger partial charge in [-0.25, -0.2) is 0 Å². The molecule has 3 heteroatoms. The fraction of sp³-hybridized carbons (Fsp3) is 0.588. The molecule has 0 spiro atoms. The molecule has 0 bridgehead atoms. The predicted molar refractivity (Wildman–Crippen MR) is 87.3 cm³/mol. The molecule has 0 saturated heterocycles. The van der Waals surface area contributed by atoms with E-state index in [-0.39, 0.29) is 5.91 Å².